The molecule has 1 heterocycles. The molecule has 1 saturated heterocycles. The third kappa shape index (κ3) is 3.27. The molecule has 4 heteroatoms. The van der Waals surface area contributed by atoms with Crippen molar-refractivity contribution in [3.8, 4) is 0 Å². The molecule has 1 rings (SSSR count). The molecule has 0 saturated carbocycles. The van der Waals surface area contributed by atoms with Crippen molar-refractivity contribution in [3.05, 3.63) is 0 Å². The SMILES string of the molecule is CCCC(CC)NC1CS(=O)(=O)C1. The lowest BCUT2D eigenvalue weighted by atomic mass is 10.1. The monoisotopic (exact) mass is 205 g/mol. The smallest absolute Gasteiger partial charge is 0.153 e. The molecular formula is C9H19NO2S. The second-order valence-corrected chi connectivity index (χ2v) is 5.99. The van der Waals surface area contributed by atoms with Crippen molar-refractivity contribution in [1.29, 1.82) is 0 Å². The zero-order valence-electron chi connectivity index (χ0n) is 8.41. The van der Waals surface area contributed by atoms with Gasteiger partial charge in [-0.1, -0.05) is 20.3 Å². The quantitative estimate of drug-likeness (QED) is 0.727. The molecule has 1 unspecified atom stereocenters. The van der Waals surface area contributed by atoms with Crippen molar-refractivity contribution in [1.82, 2.24) is 5.32 Å². The van der Waals surface area contributed by atoms with E-state index in [2.05, 4.69) is 19.2 Å². The van der Waals surface area contributed by atoms with Gasteiger partial charge in [-0.2, -0.15) is 0 Å². The van der Waals surface area contributed by atoms with Gasteiger partial charge in [0.15, 0.2) is 9.84 Å². The molecule has 1 fully saturated rings. The normalized spacial score (nSPS) is 23.8. The van der Waals surface area contributed by atoms with E-state index in [0.717, 1.165) is 19.3 Å². The van der Waals surface area contributed by atoms with Gasteiger partial charge in [-0.25, -0.2) is 8.42 Å². The Balaban J connectivity index is 2.25. The van der Waals surface area contributed by atoms with Gasteiger partial charge in [0, 0.05) is 12.1 Å². The Kier molecular flexibility index (Phi) is 3.74. The molecule has 13 heavy (non-hydrogen) atoms. The highest BCUT2D eigenvalue weighted by atomic mass is 32.2. The Labute approximate surface area is 80.8 Å². The first-order chi connectivity index (χ1) is 6.07. The van der Waals surface area contributed by atoms with Gasteiger partial charge < -0.3 is 5.32 Å². The van der Waals surface area contributed by atoms with Crippen LogP contribution in [0.3, 0.4) is 0 Å². The molecular weight excluding hydrogens is 186 g/mol. The minimum absolute atomic E-state index is 0.224. The predicted octanol–water partition coefficient (Wildman–Crippen LogP) is 0.952. The zero-order valence-corrected chi connectivity index (χ0v) is 9.23. The molecule has 0 spiro atoms. The van der Waals surface area contributed by atoms with E-state index in [9.17, 15) is 8.42 Å². The average Bonchev–Trinajstić information content (AvgIpc) is 2.00. The second-order valence-electron chi connectivity index (χ2n) is 3.83. The molecule has 78 valence electrons. The van der Waals surface area contributed by atoms with Gasteiger partial charge in [0.25, 0.3) is 0 Å². The summed E-state index contributed by atoms with van der Waals surface area (Å²) in [4.78, 5) is 0. The topological polar surface area (TPSA) is 46.2 Å². The number of hydrogen-bond acceptors (Lipinski definition) is 3. The van der Waals surface area contributed by atoms with E-state index in [4.69, 9.17) is 0 Å². The fourth-order valence-electron chi connectivity index (χ4n) is 1.75. The summed E-state index contributed by atoms with van der Waals surface area (Å²) in [5.41, 5.74) is 0. The van der Waals surface area contributed by atoms with E-state index in [-0.39, 0.29) is 6.04 Å². The maximum absolute atomic E-state index is 10.9. The van der Waals surface area contributed by atoms with Crippen molar-refractivity contribution >= 4 is 9.84 Å². The number of rotatable bonds is 5. The van der Waals surface area contributed by atoms with Gasteiger partial charge in [-0.05, 0) is 12.8 Å². The van der Waals surface area contributed by atoms with Crippen LogP contribution in [0.4, 0.5) is 0 Å². The Hall–Kier alpha value is -0.0900. The lowest BCUT2D eigenvalue weighted by Crippen LogP contribution is -2.54. The Morgan fingerprint density at radius 2 is 2.00 bits per heavy atom. The van der Waals surface area contributed by atoms with E-state index >= 15 is 0 Å². The van der Waals surface area contributed by atoms with Crippen LogP contribution in [0, 0.1) is 0 Å². The van der Waals surface area contributed by atoms with Crippen LogP contribution in [0.25, 0.3) is 0 Å². The van der Waals surface area contributed by atoms with Crippen LogP contribution in [0.1, 0.15) is 33.1 Å². The highest BCUT2D eigenvalue weighted by Crippen LogP contribution is 2.13. The summed E-state index contributed by atoms with van der Waals surface area (Å²) < 4.78 is 21.8. The average molecular weight is 205 g/mol. The highest BCUT2D eigenvalue weighted by Gasteiger charge is 2.33. The predicted molar refractivity (Wildman–Crippen MR) is 54.6 cm³/mol. The minimum Gasteiger partial charge on any atom is -0.309 e. The number of hydrogen-bond donors (Lipinski definition) is 1. The molecule has 1 atom stereocenters. The third-order valence-electron chi connectivity index (χ3n) is 2.51. The Bertz CT molecular complexity index is 236. The fraction of sp³-hybridized carbons (Fsp3) is 1.00. The summed E-state index contributed by atoms with van der Waals surface area (Å²) in [5.74, 6) is 0.681. The molecule has 0 bridgehead atoms. The molecule has 0 aromatic carbocycles. The lowest BCUT2D eigenvalue weighted by molar-refractivity contribution is 0.409. The van der Waals surface area contributed by atoms with Gasteiger partial charge in [-0.3, -0.25) is 0 Å². The van der Waals surface area contributed by atoms with Crippen molar-refractivity contribution < 1.29 is 8.42 Å². The summed E-state index contributed by atoms with van der Waals surface area (Å²) >= 11 is 0. The van der Waals surface area contributed by atoms with E-state index in [1.165, 1.54) is 0 Å². The summed E-state index contributed by atoms with van der Waals surface area (Å²) in [5, 5.41) is 3.38. The largest absolute Gasteiger partial charge is 0.309 e. The number of sulfone groups is 1. The first kappa shape index (κ1) is 11.0. The summed E-state index contributed by atoms with van der Waals surface area (Å²) in [7, 11) is -2.66. The van der Waals surface area contributed by atoms with Crippen LogP contribution in [-0.4, -0.2) is 32.0 Å². The van der Waals surface area contributed by atoms with E-state index in [1.54, 1.807) is 0 Å². The van der Waals surface area contributed by atoms with Gasteiger partial charge in [0.1, 0.15) is 0 Å². The molecule has 0 radical (unpaired) electrons. The summed E-state index contributed by atoms with van der Waals surface area (Å²) in [6, 6.07) is 0.729. The molecule has 0 aromatic rings. The molecule has 1 N–H and O–H groups in total. The van der Waals surface area contributed by atoms with Crippen LogP contribution in [-0.2, 0) is 9.84 Å². The maximum atomic E-state index is 10.9. The van der Waals surface area contributed by atoms with Gasteiger partial charge >= 0.3 is 0 Å². The molecule has 3 nitrogen and oxygen atoms in total. The Morgan fingerprint density at radius 1 is 1.38 bits per heavy atom. The van der Waals surface area contributed by atoms with E-state index in [0.29, 0.717) is 17.5 Å². The van der Waals surface area contributed by atoms with Gasteiger partial charge in [0.05, 0.1) is 11.5 Å². The molecule has 0 aromatic heterocycles. The van der Waals surface area contributed by atoms with Crippen molar-refractivity contribution in [2.45, 2.75) is 45.2 Å². The second kappa shape index (κ2) is 4.42. The van der Waals surface area contributed by atoms with E-state index in [1.807, 2.05) is 0 Å². The van der Waals surface area contributed by atoms with Crippen molar-refractivity contribution in [3.63, 3.8) is 0 Å². The zero-order chi connectivity index (χ0) is 9.90. The molecule has 1 aliphatic heterocycles. The Morgan fingerprint density at radius 3 is 2.38 bits per heavy atom. The van der Waals surface area contributed by atoms with Crippen LogP contribution in [0.2, 0.25) is 0 Å². The first-order valence-electron chi connectivity index (χ1n) is 5.04. The van der Waals surface area contributed by atoms with Crippen LogP contribution < -0.4 is 5.32 Å². The fourth-order valence-corrected chi connectivity index (χ4v) is 3.07. The third-order valence-corrected chi connectivity index (χ3v) is 4.33. The standard InChI is InChI=1S/C9H19NO2S/c1-3-5-8(4-2)10-9-6-13(11,12)7-9/h8-10H,3-7H2,1-2H3. The summed E-state index contributed by atoms with van der Waals surface area (Å²) in [6.45, 7) is 4.29. The minimum atomic E-state index is -2.66. The van der Waals surface area contributed by atoms with E-state index < -0.39 is 9.84 Å². The maximum Gasteiger partial charge on any atom is 0.153 e. The van der Waals surface area contributed by atoms with Gasteiger partial charge in [-0.15, -0.1) is 0 Å². The summed E-state index contributed by atoms with van der Waals surface area (Å²) in [6.07, 6.45) is 3.39. The van der Waals surface area contributed by atoms with Crippen LogP contribution >= 0.6 is 0 Å². The molecule has 0 aliphatic carbocycles. The van der Waals surface area contributed by atoms with Gasteiger partial charge in [0.2, 0.25) is 0 Å². The molecule has 1 aliphatic rings. The molecule has 0 amide bonds. The number of nitrogens with one attached hydrogen (secondary N) is 1. The lowest BCUT2D eigenvalue weighted by Gasteiger charge is -2.30. The van der Waals surface area contributed by atoms with Crippen LogP contribution in [0.15, 0.2) is 0 Å². The van der Waals surface area contributed by atoms with Crippen molar-refractivity contribution in [2.75, 3.05) is 11.5 Å². The highest BCUT2D eigenvalue weighted by molar-refractivity contribution is 7.92. The van der Waals surface area contributed by atoms with Crippen LogP contribution in [0.5, 0.6) is 0 Å². The van der Waals surface area contributed by atoms with Crippen molar-refractivity contribution in [2.24, 2.45) is 0 Å². The first-order valence-corrected chi connectivity index (χ1v) is 6.86.